The third-order valence-electron chi connectivity index (χ3n) is 5.19. The fourth-order valence-corrected chi connectivity index (χ4v) is 4.08. The Morgan fingerprint density at radius 1 is 1.33 bits per heavy atom. The second-order valence-corrected chi connectivity index (χ2v) is 6.86. The second-order valence-electron chi connectivity index (χ2n) is 6.86. The number of benzene rings is 1. The van der Waals surface area contributed by atoms with Gasteiger partial charge in [-0.15, -0.1) is 0 Å². The summed E-state index contributed by atoms with van der Waals surface area (Å²) < 4.78 is 0. The molecule has 0 bridgehead atoms. The van der Waals surface area contributed by atoms with Crippen molar-refractivity contribution in [1.82, 2.24) is 0 Å². The number of hydrogen-bond acceptors (Lipinski definition) is 2. The first kappa shape index (κ1) is 14.4. The Morgan fingerprint density at radius 3 is 2.90 bits per heavy atom. The molecule has 1 aromatic rings. The van der Waals surface area contributed by atoms with Crippen molar-refractivity contribution in [3.63, 3.8) is 0 Å². The van der Waals surface area contributed by atoms with Crippen molar-refractivity contribution in [1.29, 1.82) is 0 Å². The Labute approximate surface area is 127 Å². The number of fused-ring (bicyclic) bond motifs is 1. The van der Waals surface area contributed by atoms with E-state index in [1.807, 2.05) is 0 Å². The van der Waals surface area contributed by atoms with E-state index >= 15 is 0 Å². The average molecular weight is 287 g/mol. The molecule has 1 aliphatic carbocycles. The molecule has 1 fully saturated rings. The molecule has 1 aliphatic heterocycles. The van der Waals surface area contributed by atoms with Crippen LogP contribution in [0.4, 0.5) is 5.69 Å². The Morgan fingerprint density at radius 2 is 2.14 bits per heavy atom. The van der Waals surface area contributed by atoms with Crippen LogP contribution in [0.3, 0.4) is 0 Å². The van der Waals surface area contributed by atoms with Gasteiger partial charge in [0.15, 0.2) is 0 Å². The topological polar surface area (TPSA) is 40.5 Å². The molecule has 3 nitrogen and oxygen atoms in total. The van der Waals surface area contributed by atoms with Crippen LogP contribution in [-0.2, 0) is 11.2 Å². The molecule has 1 saturated carbocycles. The summed E-state index contributed by atoms with van der Waals surface area (Å²) in [6.07, 6.45) is 5.12. The van der Waals surface area contributed by atoms with Gasteiger partial charge in [0.1, 0.15) is 0 Å². The summed E-state index contributed by atoms with van der Waals surface area (Å²) in [5.74, 6) is -0.207. The molecule has 0 spiro atoms. The maximum Gasteiger partial charge on any atom is 0.308 e. The molecule has 0 aromatic heterocycles. The van der Waals surface area contributed by atoms with Gasteiger partial charge in [0, 0.05) is 18.3 Å². The average Bonchev–Trinajstić information content (AvgIpc) is 2.45. The Bertz CT molecular complexity index is 540. The summed E-state index contributed by atoms with van der Waals surface area (Å²) >= 11 is 0. The summed E-state index contributed by atoms with van der Waals surface area (Å²) in [5.41, 5.74) is 3.96. The molecule has 0 amide bonds. The number of carboxylic acid groups (broad SMARTS) is 1. The summed E-state index contributed by atoms with van der Waals surface area (Å²) in [5, 5.41) is 9.59. The highest BCUT2D eigenvalue weighted by Gasteiger charge is 2.38. The third-order valence-corrected chi connectivity index (χ3v) is 5.19. The molecule has 1 N–H and O–H groups in total. The summed E-state index contributed by atoms with van der Waals surface area (Å²) in [7, 11) is 0. The van der Waals surface area contributed by atoms with Crippen molar-refractivity contribution in [3.8, 4) is 0 Å². The van der Waals surface area contributed by atoms with Gasteiger partial charge in [0.05, 0.1) is 5.92 Å². The molecule has 1 aromatic carbocycles. The quantitative estimate of drug-likeness (QED) is 0.903. The van der Waals surface area contributed by atoms with Crippen molar-refractivity contribution in [2.45, 2.75) is 52.0 Å². The second kappa shape index (κ2) is 5.70. The fourth-order valence-electron chi connectivity index (χ4n) is 4.08. The van der Waals surface area contributed by atoms with Crippen LogP contribution in [0, 0.1) is 18.8 Å². The molecular weight excluding hydrogens is 262 g/mol. The van der Waals surface area contributed by atoms with Crippen LogP contribution in [0.2, 0.25) is 0 Å². The molecule has 21 heavy (non-hydrogen) atoms. The largest absolute Gasteiger partial charge is 0.481 e. The highest BCUT2D eigenvalue weighted by atomic mass is 16.4. The molecular formula is C18H25NO2. The minimum Gasteiger partial charge on any atom is -0.481 e. The number of carbonyl (C=O) groups is 1. The van der Waals surface area contributed by atoms with Crippen molar-refractivity contribution in [2.24, 2.45) is 11.8 Å². The van der Waals surface area contributed by atoms with E-state index in [1.165, 1.54) is 16.8 Å². The van der Waals surface area contributed by atoms with Crippen LogP contribution in [0.15, 0.2) is 18.2 Å². The predicted molar refractivity (Wildman–Crippen MR) is 84.8 cm³/mol. The van der Waals surface area contributed by atoms with Crippen molar-refractivity contribution >= 4 is 11.7 Å². The van der Waals surface area contributed by atoms with Gasteiger partial charge in [-0.25, -0.2) is 0 Å². The lowest BCUT2D eigenvalue weighted by atomic mass is 9.77. The minimum absolute atomic E-state index is 0.160. The van der Waals surface area contributed by atoms with E-state index in [1.54, 1.807) is 0 Å². The third kappa shape index (κ3) is 2.78. The Balaban J connectivity index is 1.94. The molecule has 0 saturated heterocycles. The van der Waals surface area contributed by atoms with Gasteiger partial charge in [-0.05, 0) is 56.6 Å². The SMILES string of the molecule is Cc1ccc2c(c1)CCCN2C1CC(C)CCC1C(=O)O. The molecule has 3 atom stereocenters. The zero-order valence-electron chi connectivity index (χ0n) is 13.0. The standard InChI is InChI=1S/C18H25NO2/c1-12-6-8-16-14(10-12)4-3-9-19(16)17-11-13(2)5-7-15(17)18(20)21/h6,8,10,13,15,17H,3-5,7,9,11H2,1-2H3,(H,20,21). The molecule has 3 unspecified atom stereocenters. The van der Waals surface area contributed by atoms with Gasteiger partial charge in [0.25, 0.3) is 0 Å². The minimum atomic E-state index is -0.619. The molecule has 3 rings (SSSR count). The predicted octanol–water partition coefficient (Wildman–Crippen LogP) is 3.64. The van der Waals surface area contributed by atoms with E-state index in [-0.39, 0.29) is 12.0 Å². The van der Waals surface area contributed by atoms with Crippen LogP contribution >= 0.6 is 0 Å². The van der Waals surface area contributed by atoms with Crippen LogP contribution in [0.1, 0.15) is 43.7 Å². The highest BCUT2D eigenvalue weighted by Crippen LogP contribution is 2.38. The van der Waals surface area contributed by atoms with E-state index in [0.29, 0.717) is 5.92 Å². The lowest BCUT2D eigenvalue weighted by Gasteiger charge is -2.44. The Kier molecular flexibility index (Phi) is 3.92. The maximum absolute atomic E-state index is 11.7. The van der Waals surface area contributed by atoms with E-state index in [4.69, 9.17) is 0 Å². The van der Waals surface area contributed by atoms with Gasteiger partial charge in [0.2, 0.25) is 0 Å². The molecule has 114 valence electrons. The van der Waals surface area contributed by atoms with Gasteiger partial charge in [-0.2, -0.15) is 0 Å². The van der Waals surface area contributed by atoms with E-state index < -0.39 is 5.97 Å². The fraction of sp³-hybridized carbons (Fsp3) is 0.611. The molecule has 3 heteroatoms. The van der Waals surface area contributed by atoms with Gasteiger partial charge in [-0.1, -0.05) is 24.6 Å². The van der Waals surface area contributed by atoms with Crippen molar-refractivity contribution in [3.05, 3.63) is 29.3 Å². The van der Waals surface area contributed by atoms with Crippen LogP contribution in [-0.4, -0.2) is 23.7 Å². The number of carboxylic acids is 1. The summed E-state index contributed by atoms with van der Waals surface area (Å²) in [6, 6.07) is 6.78. The number of aryl methyl sites for hydroxylation is 2. The lowest BCUT2D eigenvalue weighted by molar-refractivity contribution is -0.143. The van der Waals surface area contributed by atoms with Gasteiger partial charge < -0.3 is 10.0 Å². The van der Waals surface area contributed by atoms with Gasteiger partial charge >= 0.3 is 5.97 Å². The molecule has 1 heterocycles. The van der Waals surface area contributed by atoms with Crippen molar-refractivity contribution in [2.75, 3.05) is 11.4 Å². The number of rotatable bonds is 2. The zero-order valence-corrected chi connectivity index (χ0v) is 13.0. The number of nitrogens with zero attached hydrogens (tertiary/aromatic N) is 1. The van der Waals surface area contributed by atoms with Crippen LogP contribution in [0.25, 0.3) is 0 Å². The van der Waals surface area contributed by atoms with E-state index in [9.17, 15) is 9.90 Å². The first-order chi connectivity index (χ1) is 10.1. The monoisotopic (exact) mass is 287 g/mol. The van der Waals surface area contributed by atoms with Crippen molar-refractivity contribution < 1.29 is 9.90 Å². The number of hydrogen-bond donors (Lipinski definition) is 1. The normalized spacial score (nSPS) is 29.0. The highest BCUT2D eigenvalue weighted by molar-refractivity contribution is 5.72. The van der Waals surface area contributed by atoms with E-state index in [2.05, 4.69) is 36.9 Å². The van der Waals surface area contributed by atoms with Crippen LogP contribution in [0.5, 0.6) is 0 Å². The summed E-state index contributed by atoms with van der Waals surface area (Å²) in [4.78, 5) is 14.0. The smallest absolute Gasteiger partial charge is 0.308 e. The lowest BCUT2D eigenvalue weighted by Crippen LogP contribution is -2.49. The molecule has 0 radical (unpaired) electrons. The number of anilines is 1. The first-order valence-electron chi connectivity index (χ1n) is 8.15. The summed E-state index contributed by atoms with van der Waals surface area (Å²) in [6.45, 7) is 5.38. The van der Waals surface area contributed by atoms with E-state index in [0.717, 1.165) is 38.6 Å². The van der Waals surface area contributed by atoms with Gasteiger partial charge in [-0.3, -0.25) is 4.79 Å². The maximum atomic E-state index is 11.7. The van der Waals surface area contributed by atoms with Crippen LogP contribution < -0.4 is 4.90 Å². The first-order valence-corrected chi connectivity index (χ1v) is 8.15. The Hall–Kier alpha value is -1.51. The molecule has 2 aliphatic rings. The number of aliphatic carboxylic acids is 1. The zero-order chi connectivity index (χ0) is 15.0.